The molecular weight excluding hydrogens is 306 g/mol. The van der Waals surface area contributed by atoms with Crippen molar-refractivity contribution < 1.29 is 9.53 Å². The highest BCUT2D eigenvalue weighted by molar-refractivity contribution is 5.84. The molecule has 0 aromatic rings. The summed E-state index contributed by atoms with van der Waals surface area (Å²) < 4.78 is 5.43. The van der Waals surface area contributed by atoms with Crippen molar-refractivity contribution in [3.8, 4) is 0 Å². The Morgan fingerprint density at radius 3 is 2.50 bits per heavy atom. The van der Waals surface area contributed by atoms with Gasteiger partial charge in [0.2, 0.25) is 5.91 Å². The van der Waals surface area contributed by atoms with E-state index in [2.05, 4.69) is 41.3 Å². The van der Waals surface area contributed by atoms with Crippen LogP contribution < -0.4 is 10.6 Å². The number of aliphatic imine (C=N–C) groups is 1. The molecule has 1 aliphatic rings. The fourth-order valence-electron chi connectivity index (χ4n) is 2.43. The predicted molar refractivity (Wildman–Crippen MR) is 98.4 cm³/mol. The van der Waals surface area contributed by atoms with Crippen molar-refractivity contribution in [3.05, 3.63) is 0 Å². The lowest BCUT2D eigenvalue weighted by atomic mass is 10.0. The number of unbranched alkanes of at least 4 members (excludes halogenated alkanes) is 1. The first kappa shape index (κ1) is 20.7. The van der Waals surface area contributed by atoms with Crippen molar-refractivity contribution in [1.29, 1.82) is 0 Å². The molecule has 0 atom stereocenters. The number of guanidine groups is 1. The van der Waals surface area contributed by atoms with E-state index in [0.717, 1.165) is 52.2 Å². The van der Waals surface area contributed by atoms with Crippen molar-refractivity contribution in [2.45, 2.75) is 39.2 Å². The van der Waals surface area contributed by atoms with Gasteiger partial charge in [-0.3, -0.25) is 9.69 Å². The quantitative estimate of drug-likeness (QED) is 0.383. The lowest BCUT2D eigenvalue weighted by Crippen LogP contribution is -2.56. The topological polar surface area (TPSA) is 69.2 Å². The summed E-state index contributed by atoms with van der Waals surface area (Å²) in [5.41, 5.74) is 0.00252. The maximum absolute atomic E-state index is 11.8. The molecule has 7 heteroatoms. The van der Waals surface area contributed by atoms with E-state index >= 15 is 0 Å². The number of nitrogens with one attached hydrogen (secondary N) is 2. The van der Waals surface area contributed by atoms with Crippen LogP contribution >= 0.6 is 0 Å². The van der Waals surface area contributed by atoms with E-state index < -0.39 is 0 Å². The molecule has 7 nitrogen and oxygen atoms in total. The highest BCUT2D eigenvalue weighted by atomic mass is 16.5. The average molecular weight is 342 g/mol. The van der Waals surface area contributed by atoms with Gasteiger partial charge in [-0.05, 0) is 20.3 Å². The minimum atomic E-state index is -0.000897. The number of amides is 1. The van der Waals surface area contributed by atoms with Gasteiger partial charge in [0.25, 0.3) is 0 Å². The summed E-state index contributed by atoms with van der Waals surface area (Å²) in [5.74, 6) is 0.707. The number of carbonyl (C=O) groups excluding carboxylic acids is 1. The first-order valence-corrected chi connectivity index (χ1v) is 8.92. The Morgan fingerprint density at radius 1 is 1.25 bits per heavy atom. The molecule has 0 saturated carbocycles. The second kappa shape index (κ2) is 10.5. The number of rotatable bonds is 8. The zero-order valence-electron chi connectivity index (χ0n) is 16.0. The lowest BCUT2D eigenvalue weighted by molar-refractivity contribution is -0.127. The summed E-state index contributed by atoms with van der Waals surface area (Å²) in [5, 5.41) is 6.71. The Hall–Kier alpha value is -1.34. The van der Waals surface area contributed by atoms with Crippen LogP contribution in [0.3, 0.4) is 0 Å². The van der Waals surface area contributed by atoms with Crippen LogP contribution in [0, 0.1) is 0 Å². The third-order valence-electron chi connectivity index (χ3n) is 4.25. The summed E-state index contributed by atoms with van der Waals surface area (Å²) in [4.78, 5) is 20.2. The van der Waals surface area contributed by atoms with Crippen LogP contribution in [0.5, 0.6) is 0 Å². The van der Waals surface area contributed by atoms with Gasteiger partial charge in [0.15, 0.2) is 5.96 Å². The lowest BCUT2D eigenvalue weighted by Gasteiger charge is -2.41. The number of ether oxygens (including phenoxy) is 1. The Labute approximate surface area is 146 Å². The average Bonchev–Trinajstić information content (AvgIpc) is 2.57. The van der Waals surface area contributed by atoms with Crippen molar-refractivity contribution in [2.24, 2.45) is 4.99 Å². The molecule has 1 aliphatic heterocycles. The maximum atomic E-state index is 11.8. The Bertz CT molecular complexity index is 404. The third kappa shape index (κ3) is 7.49. The number of carbonyl (C=O) groups is 1. The van der Waals surface area contributed by atoms with Crippen molar-refractivity contribution in [3.63, 3.8) is 0 Å². The number of morpholine rings is 1. The number of hydrogen-bond acceptors (Lipinski definition) is 4. The monoisotopic (exact) mass is 341 g/mol. The molecule has 1 saturated heterocycles. The molecule has 0 bridgehead atoms. The van der Waals surface area contributed by atoms with Crippen LogP contribution in [0.1, 0.15) is 33.6 Å². The fourth-order valence-corrected chi connectivity index (χ4v) is 2.43. The summed E-state index contributed by atoms with van der Waals surface area (Å²) in [7, 11) is 3.49. The van der Waals surface area contributed by atoms with Gasteiger partial charge in [-0.25, -0.2) is 4.99 Å². The zero-order valence-corrected chi connectivity index (χ0v) is 16.0. The standard InChI is InChI=1S/C17H35N5O2/c1-6-7-8-18-16(19-13-15(23)21(4)5)20-14-17(2,3)22-9-11-24-12-10-22/h6-14H2,1-5H3,(H2,18,19,20). The molecule has 1 rings (SSSR count). The van der Waals surface area contributed by atoms with Gasteiger partial charge in [0, 0.05) is 45.8 Å². The van der Waals surface area contributed by atoms with Gasteiger partial charge < -0.3 is 20.3 Å². The fraction of sp³-hybridized carbons (Fsp3) is 0.882. The van der Waals surface area contributed by atoms with Crippen molar-refractivity contribution in [2.75, 3.05) is 60.0 Å². The molecule has 1 heterocycles. The first-order valence-electron chi connectivity index (χ1n) is 8.92. The number of nitrogens with zero attached hydrogens (tertiary/aromatic N) is 3. The van der Waals surface area contributed by atoms with E-state index in [9.17, 15) is 4.79 Å². The molecule has 0 aromatic carbocycles. The Morgan fingerprint density at radius 2 is 1.92 bits per heavy atom. The van der Waals surface area contributed by atoms with E-state index in [1.807, 2.05) is 0 Å². The van der Waals surface area contributed by atoms with Crippen molar-refractivity contribution >= 4 is 11.9 Å². The molecule has 0 unspecified atom stereocenters. The largest absolute Gasteiger partial charge is 0.379 e. The Kier molecular flexibility index (Phi) is 9.07. The molecule has 140 valence electrons. The maximum Gasteiger partial charge on any atom is 0.243 e. The van der Waals surface area contributed by atoms with Crippen LogP contribution in [0.15, 0.2) is 4.99 Å². The van der Waals surface area contributed by atoms with Crippen LogP contribution in [-0.2, 0) is 9.53 Å². The summed E-state index contributed by atoms with van der Waals surface area (Å²) in [6, 6.07) is 0. The van der Waals surface area contributed by atoms with E-state index in [-0.39, 0.29) is 18.0 Å². The molecule has 0 radical (unpaired) electrons. The third-order valence-corrected chi connectivity index (χ3v) is 4.25. The SMILES string of the molecule is CCCCNC(=NCC(=O)N(C)C)NCC(C)(C)N1CCOCC1. The number of hydrogen-bond donors (Lipinski definition) is 2. The molecule has 0 aromatic heterocycles. The van der Waals surface area contributed by atoms with Gasteiger partial charge in [0.05, 0.1) is 13.2 Å². The van der Waals surface area contributed by atoms with Crippen LogP contribution in [-0.4, -0.2) is 87.2 Å². The minimum Gasteiger partial charge on any atom is -0.379 e. The van der Waals surface area contributed by atoms with E-state index in [1.54, 1.807) is 19.0 Å². The Balaban J connectivity index is 2.58. The van der Waals surface area contributed by atoms with E-state index in [4.69, 9.17) is 4.74 Å². The smallest absolute Gasteiger partial charge is 0.243 e. The number of likely N-dealkylation sites (N-methyl/N-ethyl adjacent to an activating group) is 1. The summed E-state index contributed by atoms with van der Waals surface area (Å²) in [6.07, 6.45) is 2.20. The highest BCUT2D eigenvalue weighted by Gasteiger charge is 2.28. The first-order chi connectivity index (χ1) is 11.4. The second-order valence-corrected chi connectivity index (χ2v) is 7.00. The molecule has 2 N–H and O–H groups in total. The van der Waals surface area contributed by atoms with Crippen LogP contribution in [0.4, 0.5) is 0 Å². The molecule has 0 spiro atoms. The van der Waals surface area contributed by atoms with Crippen LogP contribution in [0.25, 0.3) is 0 Å². The zero-order chi connectivity index (χ0) is 18.0. The summed E-state index contributed by atoms with van der Waals surface area (Å²) in [6.45, 7) is 11.9. The van der Waals surface area contributed by atoms with E-state index in [0.29, 0.717) is 5.96 Å². The highest BCUT2D eigenvalue weighted by Crippen LogP contribution is 2.14. The second-order valence-electron chi connectivity index (χ2n) is 7.00. The predicted octanol–water partition coefficient (Wildman–Crippen LogP) is 0.521. The summed E-state index contributed by atoms with van der Waals surface area (Å²) >= 11 is 0. The van der Waals surface area contributed by atoms with Crippen molar-refractivity contribution in [1.82, 2.24) is 20.4 Å². The van der Waals surface area contributed by atoms with E-state index in [1.165, 1.54) is 0 Å². The molecular formula is C17H35N5O2. The van der Waals surface area contributed by atoms with Gasteiger partial charge >= 0.3 is 0 Å². The minimum absolute atomic E-state index is 0.000897. The van der Waals surface area contributed by atoms with Gasteiger partial charge in [-0.15, -0.1) is 0 Å². The molecule has 24 heavy (non-hydrogen) atoms. The van der Waals surface area contributed by atoms with Gasteiger partial charge in [0.1, 0.15) is 6.54 Å². The molecule has 0 aliphatic carbocycles. The molecule has 1 amide bonds. The van der Waals surface area contributed by atoms with Gasteiger partial charge in [-0.2, -0.15) is 0 Å². The molecule has 1 fully saturated rings. The van der Waals surface area contributed by atoms with Gasteiger partial charge in [-0.1, -0.05) is 13.3 Å². The normalized spacial score (nSPS) is 16.8. The van der Waals surface area contributed by atoms with Crippen LogP contribution in [0.2, 0.25) is 0 Å².